The molecular formula is C12H13ClN4O4. The van der Waals surface area contributed by atoms with E-state index < -0.39 is 35.9 Å². The smallest absolute Gasteiger partial charge is 0.165 e. The zero-order valence-corrected chi connectivity index (χ0v) is 11.5. The molecule has 0 unspecified atom stereocenters. The molecule has 2 aromatic rings. The van der Waals surface area contributed by atoms with Crippen LogP contribution >= 0.6 is 11.6 Å². The van der Waals surface area contributed by atoms with Gasteiger partial charge in [0.25, 0.3) is 0 Å². The highest BCUT2D eigenvalue weighted by atomic mass is 35.5. The second kappa shape index (κ2) is 4.11. The Bertz CT molecular complexity index is 724. The van der Waals surface area contributed by atoms with Gasteiger partial charge in [-0.05, 0) is 0 Å². The van der Waals surface area contributed by atoms with Crippen LogP contribution in [0.4, 0.5) is 0 Å². The highest BCUT2D eigenvalue weighted by Crippen LogP contribution is 2.54. The minimum atomic E-state index is -1.72. The standard InChI is InChI=1S/C12H13ClN4O4/c13-10-6-11(15-2-14-10)17(3-16-6)7-5-4(18)1-12(21,8(5)19)9(7)20/h2-5,7-9,18-21H,1H2/t4-,5-,7-,8-,9+,12-/m1/s1. The van der Waals surface area contributed by atoms with E-state index in [0.717, 1.165) is 0 Å². The van der Waals surface area contributed by atoms with Crippen LogP contribution in [-0.4, -0.2) is 63.9 Å². The summed E-state index contributed by atoms with van der Waals surface area (Å²) in [6.07, 6.45) is -0.714. The van der Waals surface area contributed by atoms with Crippen LogP contribution in [0.3, 0.4) is 0 Å². The third kappa shape index (κ3) is 1.51. The van der Waals surface area contributed by atoms with Crippen molar-refractivity contribution in [2.45, 2.75) is 36.4 Å². The van der Waals surface area contributed by atoms with Gasteiger partial charge in [-0.15, -0.1) is 0 Å². The van der Waals surface area contributed by atoms with Gasteiger partial charge in [-0.1, -0.05) is 11.6 Å². The lowest BCUT2D eigenvalue weighted by molar-refractivity contribution is -0.120. The number of hydrogen-bond acceptors (Lipinski definition) is 7. The molecule has 2 fully saturated rings. The minimum absolute atomic E-state index is 0.0567. The van der Waals surface area contributed by atoms with Crippen molar-refractivity contribution in [3.8, 4) is 0 Å². The number of halogens is 1. The van der Waals surface area contributed by atoms with E-state index in [0.29, 0.717) is 11.2 Å². The Kier molecular flexibility index (Phi) is 2.61. The molecule has 2 saturated carbocycles. The number of fused-ring (bicyclic) bond motifs is 3. The first-order valence-electron chi connectivity index (χ1n) is 6.55. The maximum Gasteiger partial charge on any atom is 0.165 e. The lowest BCUT2D eigenvalue weighted by Crippen LogP contribution is -2.48. The number of nitrogens with zero attached hydrogens (tertiary/aromatic N) is 4. The molecule has 2 aliphatic carbocycles. The maximum absolute atomic E-state index is 10.4. The van der Waals surface area contributed by atoms with Gasteiger partial charge >= 0.3 is 0 Å². The molecule has 8 nitrogen and oxygen atoms in total. The molecular weight excluding hydrogens is 300 g/mol. The quantitative estimate of drug-likeness (QED) is 0.491. The van der Waals surface area contributed by atoms with Gasteiger partial charge in [0.2, 0.25) is 0 Å². The molecule has 0 aromatic carbocycles. The van der Waals surface area contributed by atoms with Crippen LogP contribution in [-0.2, 0) is 0 Å². The Morgan fingerprint density at radius 2 is 1.95 bits per heavy atom. The van der Waals surface area contributed by atoms with Crippen molar-refractivity contribution in [3.63, 3.8) is 0 Å². The van der Waals surface area contributed by atoms with Gasteiger partial charge in [0.15, 0.2) is 10.8 Å². The number of aliphatic hydroxyl groups excluding tert-OH is 3. The summed E-state index contributed by atoms with van der Waals surface area (Å²) in [6, 6.07) is -0.732. The number of hydrogen-bond donors (Lipinski definition) is 4. The highest BCUT2D eigenvalue weighted by molar-refractivity contribution is 6.33. The van der Waals surface area contributed by atoms with Gasteiger partial charge in [0, 0.05) is 12.3 Å². The molecule has 2 aromatic heterocycles. The summed E-state index contributed by atoms with van der Waals surface area (Å²) in [5, 5.41) is 41.2. The van der Waals surface area contributed by atoms with Crippen LogP contribution in [0.15, 0.2) is 12.7 Å². The van der Waals surface area contributed by atoms with Gasteiger partial charge in [0.1, 0.15) is 23.5 Å². The fourth-order valence-electron chi connectivity index (χ4n) is 3.73. The van der Waals surface area contributed by atoms with E-state index >= 15 is 0 Å². The van der Waals surface area contributed by atoms with Crippen LogP contribution in [0.1, 0.15) is 12.5 Å². The van der Waals surface area contributed by atoms with Crippen LogP contribution < -0.4 is 0 Å². The van der Waals surface area contributed by atoms with E-state index in [-0.39, 0.29) is 11.6 Å². The molecule has 4 rings (SSSR count). The van der Waals surface area contributed by atoms with Crippen LogP contribution in [0.25, 0.3) is 11.2 Å². The van der Waals surface area contributed by atoms with E-state index in [1.807, 2.05) is 0 Å². The average molecular weight is 313 g/mol. The predicted octanol–water partition coefficient (Wildman–Crippen LogP) is -1.13. The zero-order valence-electron chi connectivity index (χ0n) is 10.7. The number of imidazole rings is 1. The zero-order chi connectivity index (χ0) is 14.9. The first kappa shape index (κ1) is 13.4. The summed E-state index contributed by atoms with van der Waals surface area (Å²) < 4.78 is 1.53. The van der Waals surface area contributed by atoms with E-state index in [2.05, 4.69) is 15.0 Å². The van der Waals surface area contributed by atoms with E-state index in [9.17, 15) is 20.4 Å². The van der Waals surface area contributed by atoms with Crippen molar-refractivity contribution < 1.29 is 20.4 Å². The van der Waals surface area contributed by atoms with E-state index in [1.54, 1.807) is 0 Å². The molecule has 6 atom stereocenters. The molecule has 9 heteroatoms. The fourth-order valence-corrected chi connectivity index (χ4v) is 3.91. The molecule has 2 heterocycles. The first-order chi connectivity index (χ1) is 9.95. The van der Waals surface area contributed by atoms with E-state index in [4.69, 9.17) is 11.6 Å². The molecule has 0 amide bonds. The Morgan fingerprint density at radius 3 is 2.67 bits per heavy atom. The predicted molar refractivity (Wildman–Crippen MR) is 70.4 cm³/mol. The molecule has 0 aliphatic heterocycles. The van der Waals surface area contributed by atoms with Crippen LogP contribution in [0, 0.1) is 5.92 Å². The van der Waals surface area contributed by atoms with Gasteiger partial charge < -0.3 is 25.0 Å². The second-order valence-electron chi connectivity index (χ2n) is 5.71. The Balaban J connectivity index is 1.88. The summed E-state index contributed by atoms with van der Waals surface area (Å²) in [5.74, 6) is -0.698. The SMILES string of the molecule is O[C@@H]1C[C@@]2(O)[C@H](O)[C@H]1[C@@H](n1cnc3c(Cl)ncnc31)[C@@H]2O. The van der Waals surface area contributed by atoms with Gasteiger partial charge in [-0.2, -0.15) is 0 Å². The topological polar surface area (TPSA) is 125 Å². The molecule has 2 aliphatic rings. The largest absolute Gasteiger partial charge is 0.393 e. The van der Waals surface area contributed by atoms with Crippen molar-refractivity contribution in [1.29, 1.82) is 0 Å². The van der Waals surface area contributed by atoms with Crippen LogP contribution in [0.2, 0.25) is 5.15 Å². The Hall–Kier alpha value is -1.32. The van der Waals surface area contributed by atoms with Gasteiger partial charge in [-0.25, -0.2) is 15.0 Å². The molecule has 112 valence electrons. The first-order valence-corrected chi connectivity index (χ1v) is 6.92. The number of aromatic nitrogens is 4. The third-order valence-corrected chi connectivity index (χ3v) is 5.00. The lowest BCUT2D eigenvalue weighted by atomic mass is 9.88. The fraction of sp³-hybridized carbons (Fsp3) is 0.583. The van der Waals surface area contributed by atoms with Crippen LogP contribution in [0.5, 0.6) is 0 Å². The number of rotatable bonds is 1. The van der Waals surface area contributed by atoms with Gasteiger partial charge in [-0.3, -0.25) is 0 Å². The summed E-state index contributed by atoms with van der Waals surface area (Å²) in [4.78, 5) is 12.0. The minimum Gasteiger partial charge on any atom is -0.393 e. The summed E-state index contributed by atoms with van der Waals surface area (Å²) in [5.41, 5.74) is -0.970. The van der Waals surface area contributed by atoms with Crippen molar-refractivity contribution in [3.05, 3.63) is 17.8 Å². The maximum atomic E-state index is 10.4. The Labute approximate surface area is 123 Å². The average Bonchev–Trinajstić information content (AvgIpc) is 3.00. The summed E-state index contributed by atoms with van der Waals surface area (Å²) in [7, 11) is 0. The lowest BCUT2D eigenvalue weighted by Gasteiger charge is -2.34. The molecule has 2 bridgehead atoms. The van der Waals surface area contributed by atoms with Crippen molar-refractivity contribution in [2.75, 3.05) is 0 Å². The second-order valence-corrected chi connectivity index (χ2v) is 6.07. The third-order valence-electron chi connectivity index (χ3n) is 4.72. The van der Waals surface area contributed by atoms with Crippen molar-refractivity contribution >= 4 is 22.8 Å². The Morgan fingerprint density at radius 1 is 1.19 bits per heavy atom. The van der Waals surface area contributed by atoms with E-state index in [1.165, 1.54) is 17.2 Å². The normalized spacial score (nSPS) is 42.0. The molecule has 21 heavy (non-hydrogen) atoms. The van der Waals surface area contributed by atoms with Crippen molar-refractivity contribution in [2.24, 2.45) is 5.92 Å². The summed E-state index contributed by atoms with van der Waals surface area (Å²) >= 11 is 5.94. The van der Waals surface area contributed by atoms with Gasteiger partial charge in [0.05, 0.1) is 24.6 Å². The number of aliphatic hydroxyl groups is 4. The molecule has 0 radical (unpaired) electrons. The highest BCUT2D eigenvalue weighted by Gasteiger charge is 2.68. The molecule has 4 N–H and O–H groups in total. The molecule has 0 spiro atoms. The summed E-state index contributed by atoms with van der Waals surface area (Å²) in [6.45, 7) is 0. The molecule has 0 saturated heterocycles. The monoisotopic (exact) mass is 312 g/mol. The van der Waals surface area contributed by atoms with Crippen molar-refractivity contribution in [1.82, 2.24) is 19.5 Å².